The number of rotatable bonds is 5. The highest BCUT2D eigenvalue weighted by Crippen LogP contribution is 2.27. The molecule has 0 spiro atoms. The highest BCUT2D eigenvalue weighted by Gasteiger charge is 2.15. The number of aromatic nitrogens is 1. The Morgan fingerprint density at radius 3 is 2.55 bits per heavy atom. The van der Waals surface area contributed by atoms with Gasteiger partial charge in [0.2, 0.25) is 0 Å². The van der Waals surface area contributed by atoms with Gasteiger partial charge in [-0.15, -0.1) is 0 Å². The fourth-order valence-corrected chi connectivity index (χ4v) is 3.67. The Hall–Kier alpha value is -3.61. The van der Waals surface area contributed by atoms with Gasteiger partial charge in [0.1, 0.15) is 17.1 Å². The standard InChI is InChI=1S/C25H15Cl2FN2O3/c26-16-4-1-14(2-5-16)11-24-30-20-13-17(6-8-22(20)33-24)29-25(31)23-10-9-21(32-23)15-3-7-19(28)18(27)12-15/h1-10,12-13H,11H2,(H,29,31). The van der Waals surface area contributed by atoms with Crippen LogP contribution in [-0.4, -0.2) is 10.9 Å². The molecule has 2 aromatic heterocycles. The smallest absolute Gasteiger partial charge is 0.291 e. The van der Waals surface area contributed by atoms with E-state index in [4.69, 9.17) is 32.0 Å². The highest BCUT2D eigenvalue weighted by atomic mass is 35.5. The molecule has 3 aromatic carbocycles. The van der Waals surface area contributed by atoms with Crippen molar-refractivity contribution in [2.45, 2.75) is 6.42 Å². The van der Waals surface area contributed by atoms with Crippen LogP contribution in [0.5, 0.6) is 0 Å². The maximum atomic E-state index is 13.4. The number of amides is 1. The molecular weight excluding hydrogens is 466 g/mol. The lowest BCUT2D eigenvalue weighted by Crippen LogP contribution is -2.10. The molecule has 1 amide bonds. The number of fused-ring (bicyclic) bond motifs is 1. The van der Waals surface area contributed by atoms with Crippen molar-refractivity contribution in [3.05, 3.63) is 106 Å². The lowest BCUT2D eigenvalue weighted by atomic mass is 10.1. The minimum atomic E-state index is -0.524. The Labute approximate surface area is 197 Å². The fraction of sp³-hybridized carbons (Fsp3) is 0.0400. The van der Waals surface area contributed by atoms with Gasteiger partial charge in [-0.05, 0) is 66.2 Å². The quantitative estimate of drug-likeness (QED) is 0.285. The maximum absolute atomic E-state index is 13.4. The molecule has 0 saturated heterocycles. The van der Waals surface area contributed by atoms with Crippen LogP contribution in [0.4, 0.5) is 10.1 Å². The predicted molar refractivity (Wildman–Crippen MR) is 125 cm³/mol. The summed E-state index contributed by atoms with van der Waals surface area (Å²) in [5.41, 5.74) is 3.37. The number of furan rings is 1. The zero-order valence-electron chi connectivity index (χ0n) is 16.9. The fourth-order valence-electron chi connectivity index (χ4n) is 3.36. The summed E-state index contributed by atoms with van der Waals surface area (Å²) in [6.07, 6.45) is 0.524. The van der Waals surface area contributed by atoms with E-state index in [0.29, 0.717) is 45.4 Å². The van der Waals surface area contributed by atoms with E-state index in [1.807, 2.05) is 24.3 Å². The third-order valence-electron chi connectivity index (χ3n) is 4.99. The lowest BCUT2D eigenvalue weighted by molar-refractivity contribution is 0.0997. The maximum Gasteiger partial charge on any atom is 0.291 e. The largest absolute Gasteiger partial charge is 0.451 e. The van der Waals surface area contributed by atoms with Gasteiger partial charge >= 0.3 is 0 Å². The molecule has 8 heteroatoms. The first-order valence-corrected chi connectivity index (χ1v) is 10.7. The molecule has 0 aliphatic rings. The van der Waals surface area contributed by atoms with E-state index >= 15 is 0 Å². The number of nitrogens with one attached hydrogen (secondary N) is 1. The third kappa shape index (κ3) is 4.62. The van der Waals surface area contributed by atoms with Crippen molar-refractivity contribution >= 4 is 45.9 Å². The van der Waals surface area contributed by atoms with Crippen LogP contribution in [0.3, 0.4) is 0 Å². The molecule has 164 valence electrons. The van der Waals surface area contributed by atoms with Crippen molar-refractivity contribution in [2.24, 2.45) is 0 Å². The van der Waals surface area contributed by atoms with Crippen molar-refractivity contribution in [2.75, 3.05) is 5.32 Å². The Morgan fingerprint density at radius 1 is 0.939 bits per heavy atom. The molecule has 0 saturated carbocycles. The first-order chi connectivity index (χ1) is 15.9. The minimum absolute atomic E-state index is 0.0220. The first kappa shape index (κ1) is 21.2. The van der Waals surface area contributed by atoms with Gasteiger partial charge in [0, 0.05) is 22.7 Å². The van der Waals surface area contributed by atoms with Gasteiger partial charge in [-0.25, -0.2) is 9.37 Å². The number of carbonyl (C=O) groups is 1. The van der Waals surface area contributed by atoms with Crippen molar-refractivity contribution in [3.63, 3.8) is 0 Å². The van der Waals surface area contributed by atoms with Crippen molar-refractivity contribution in [1.29, 1.82) is 0 Å². The summed E-state index contributed by atoms with van der Waals surface area (Å²) >= 11 is 11.8. The zero-order valence-corrected chi connectivity index (χ0v) is 18.5. The van der Waals surface area contributed by atoms with Gasteiger partial charge in [0.15, 0.2) is 17.2 Å². The summed E-state index contributed by atoms with van der Waals surface area (Å²) in [5, 5.41) is 3.43. The van der Waals surface area contributed by atoms with Gasteiger partial charge < -0.3 is 14.2 Å². The average molecular weight is 481 g/mol. The van der Waals surface area contributed by atoms with Crippen molar-refractivity contribution in [1.82, 2.24) is 4.98 Å². The number of oxazole rings is 1. The number of halogens is 3. The zero-order chi connectivity index (χ0) is 22.9. The summed E-state index contributed by atoms with van der Waals surface area (Å²) in [6.45, 7) is 0. The van der Waals surface area contributed by atoms with Gasteiger partial charge in [-0.3, -0.25) is 4.79 Å². The van der Waals surface area contributed by atoms with Crippen LogP contribution in [0.25, 0.3) is 22.4 Å². The molecule has 0 bridgehead atoms. The number of anilines is 1. The summed E-state index contributed by atoms with van der Waals surface area (Å²) in [4.78, 5) is 17.2. The number of hydrogen-bond donors (Lipinski definition) is 1. The molecule has 0 unspecified atom stereocenters. The van der Waals surface area contributed by atoms with Gasteiger partial charge in [0.05, 0.1) is 5.02 Å². The second kappa shape index (κ2) is 8.73. The van der Waals surface area contributed by atoms with E-state index in [1.165, 1.54) is 18.2 Å². The summed E-state index contributed by atoms with van der Waals surface area (Å²) in [6, 6.07) is 20.1. The molecule has 0 aliphatic heterocycles. The third-order valence-corrected chi connectivity index (χ3v) is 5.53. The summed E-state index contributed by atoms with van der Waals surface area (Å²) in [7, 11) is 0. The van der Waals surface area contributed by atoms with Crippen LogP contribution in [0, 0.1) is 5.82 Å². The Balaban J connectivity index is 1.31. The number of hydrogen-bond acceptors (Lipinski definition) is 4. The normalized spacial score (nSPS) is 11.1. The van der Waals surface area contributed by atoms with E-state index in [2.05, 4.69) is 10.3 Å². The van der Waals surface area contributed by atoms with Crippen LogP contribution >= 0.6 is 23.2 Å². The molecule has 1 N–H and O–H groups in total. The second-order valence-electron chi connectivity index (χ2n) is 7.34. The molecule has 0 radical (unpaired) electrons. The molecule has 0 fully saturated rings. The monoisotopic (exact) mass is 480 g/mol. The van der Waals surface area contributed by atoms with Crippen LogP contribution in [0.15, 0.2) is 81.6 Å². The van der Waals surface area contributed by atoms with E-state index in [1.54, 1.807) is 30.3 Å². The summed E-state index contributed by atoms with van der Waals surface area (Å²) in [5.74, 6) is 0.114. The highest BCUT2D eigenvalue weighted by molar-refractivity contribution is 6.31. The van der Waals surface area contributed by atoms with E-state index in [9.17, 15) is 9.18 Å². The molecule has 0 aliphatic carbocycles. The molecular formula is C25H15Cl2FN2O3. The number of carbonyl (C=O) groups excluding carboxylic acids is 1. The van der Waals surface area contributed by atoms with E-state index in [-0.39, 0.29) is 10.8 Å². The molecule has 33 heavy (non-hydrogen) atoms. The van der Waals surface area contributed by atoms with Crippen LogP contribution < -0.4 is 5.32 Å². The molecule has 2 heterocycles. The first-order valence-electron chi connectivity index (χ1n) is 9.95. The Bertz CT molecular complexity index is 1480. The Kier molecular flexibility index (Phi) is 5.62. The van der Waals surface area contributed by atoms with Crippen molar-refractivity contribution in [3.8, 4) is 11.3 Å². The van der Waals surface area contributed by atoms with Crippen LogP contribution in [-0.2, 0) is 6.42 Å². The lowest BCUT2D eigenvalue weighted by Gasteiger charge is -2.03. The average Bonchev–Trinajstić information content (AvgIpc) is 3.44. The van der Waals surface area contributed by atoms with E-state index < -0.39 is 11.7 Å². The number of nitrogens with zero attached hydrogens (tertiary/aromatic N) is 1. The molecule has 5 nitrogen and oxygen atoms in total. The van der Waals surface area contributed by atoms with Crippen molar-refractivity contribution < 1.29 is 18.0 Å². The Morgan fingerprint density at radius 2 is 1.76 bits per heavy atom. The predicted octanol–water partition coefficient (Wildman–Crippen LogP) is 7.38. The number of benzene rings is 3. The van der Waals surface area contributed by atoms with Gasteiger partial charge in [0.25, 0.3) is 5.91 Å². The summed E-state index contributed by atoms with van der Waals surface area (Å²) < 4.78 is 24.8. The molecule has 5 rings (SSSR count). The van der Waals surface area contributed by atoms with Crippen LogP contribution in [0.2, 0.25) is 10.0 Å². The van der Waals surface area contributed by atoms with Crippen LogP contribution in [0.1, 0.15) is 22.0 Å². The van der Waals surface area contributed by atoms with Gasteiger partial charge in [-0.2, -0.15) is 0 Å². The SMILES string of the molecule is O=C(Nc1ccc2oc(Cc3ccc(Cl)cc3)nc2c1)c1ccc(-c2ccc(F)c(Cl)c2)o1. The van der Waals surface area contributed by atoms with E-state index in [0.717, 1.165) is 5.56 Å². The molecule has 5 aromatic rings. The minimum Gasteiger partial charge on any atom is -0.451 e. The second-order valence-corrected chi connectivity index (χ2v) is 8.18. The molecule has 0 atom stereocenters. The topological polar surface area (TPSA) is 68.3 Å². The van der Waals surface area contributed by atoms with Gasteiger partial charge in [-0.1, -0.05) is 35.3 Å².